The molecule has 0 amide bonds. The van der Waals surface area contributed by atoms with Crippen LogP contribution in [0.3, 0.4) is 0 Å². The Morgan fingerprint density at radius 2 is 1.67 bits per heavy atom. The highest BCUT2D eigenvalue weighted by molar-refractivity contribution is 5.24. The summed E-state index contributed by atoms with van der Waals surface area (Å²) in [7, 11) is 3.14. The van der Waals surface area contributed by atoms with Crippen LogP contribution < -0.4 is 0 Å². The molecule has 0 aromatic heterocycles. The number of hydrogen-bond acceptors (Lipinski definition) is 2. The van der Waals surface area contributed by atoms with Crippen LogP contribution >= 0.6 is 0 Å². The zero-order valence-corrected chi connectivity index (χ0v) is 7.54. The van der Waals surface area contributed by atoms with Gasteiger partial charge in [0.25, 0.3) is 0 Å². The first-order valence-corrected chi connectivity index (χ1v) is 3.54. The van der Waals surface area contributed by atoms with E-state index in [1.165, 1.54) is 0 Å². The molecule has 0 rings (SSSR count). The summed E-state index contributed by atoms with van der Waals surface area (Å²) in [5, 5.41) is 0. The van der Waals surface area contributed by atoms with Gasteiger partial charge >= 0.3 is 0 Å². The lowest BCUT2D eigenvalue weighted by Crippen LogP contribution is -1.91. The van der Waals surface area contributed by atoms with Crippen LogP contribution in [0.4, 0.5) is 0 Å². The van der Waals surface area contributed by atoms with Crippen LogP contribution in [0.1, 0.15) is 0 Å². The van der Waals surface area contributed by atoms with Crippen molar-refractivity contribution in [2.75, 3.05) is 14.2 Å². The van der Waals surface area contributed by atoms with Gasteiger partial charge in [-0.05, 0) is 12.2 Å². The minimum atomic E-state index is 0.607. The molecule has 0 aliphatic heterocycles. The minimum Gasteiger partial charge on any atom is -0.493 e. The van der Waals surface area contributed by atoms with Crippen molar-refractivity contribution in [3.8, 4) is 0 Å². The summed E-state index contributed by atoms with van der Waals surface area (Å²) >= 11 is 0. The molecular formula is C10H14O2. The highest BCUT2D eigenvalue weighted by Crippen LogP contribution is 2.08. The second-order valence-electron chi connectivity index (χ2n) is 1.94. The Morgan fingerprint density at radius 1 is 1.08 bits per heavy atom. The molecule has 0 aromatic carbocycles. The highest BCUT2D eigenvalue weighted by Gasteiger charge is 1.98. The molecule has 0 aliphatic rings. The molecular weight excluding hydrogens is 152 g/mol. The minimum absolute atomic E-state index is 0.607. The normalized spacial score (nSPS) is 12.2. The van der Waals surface area contributed by atoms with E-state index in [1.807, 2.05) is 0 Å². The third-order valence-electron chi connectivity index (χ3n) is 1.25. The average Bonchev–Trinajstić information content (AvgIpc) is 2.12. The summed E-state index contributed by atoms with van der Waals surface area (Å²) in [4.78, 5) is 0. The van der Waals surface area contributed by atoms with E-state index in [0.717, 1.165) is 0 Å². The van der Waals surface area contributed by atoms with Crippen molar-refractivity contribution in [1.82, 2.24) is 0 Å². The largest absolute Gasteiger partial charge is 0.493 e. The van der Waals surface area contributed by atoms with Crippen LogP contribution in [0.5, 0.6) is 0 Å². The number of rotatable bonds is 5. The predicted octanol–water partition coefficient (Wildman–Crippen LogP) is 2.42. The zero-order valence-electron chi connectivity index (χ0n) is 7.54. The molecule has 0 atom stereocenters. The summed E-state index contributed by atoms with van der Waals surface area (Å²) in [5.74, 6) is 1.24. The summed E-state index contributed by atoms with van der Waals surface area (Å²) in [6.45, 7) is 7.13. The van der Waals surface area contributed by atoms with Crippen LogP contribution in [-0.4, -0.2) is 14.2 Å². The van der Waals surface area contributed by atoms with Gasteiger partial charge in [0.1, 0.15) is 0 Å². The van der Waals surface area contributed by atoms with Crippen molar-refractivity contribution in [3.63, 3.8) is 0 Å². The molecule has 12 heavy (non-hydrogen) atoms. The molecule has 0 fully saturated rings. The molecule has 0 saturated heterocycles. The fourth-order valence-electron chi connectivity index (χ4n) is 0.691. The fraction of sp³-hybridized carbons (Fsp3) is 0.200. The molecule has 0 heterocycles. The van der Waals surface area contributed by atoms with Crippen LogP contribution in [0.25, 0.3) is 0 Å². The lowest BCUT2D eigenvalue weighted by atomic mass is 10.3. The third-order valence-corrected chi connectivity index (χ3v) is 1.25. The van der Waals surface area contributed by atoms with Crippen molar-refractivity contribution >= 4 is 0 Å². The highest BCUT2D eigenvalue weighted by atomic mass is 16.5. The predicted molar refractivity (Wildman–Crippen MR) is 50.6 cm³/mol. The molecule has 0 bridgehead atoms. The lowest BCUT2D eigenvalue weighted by Gasteiger charge is -2.05. The maximum atomic E-state index is 5.05. The van der Waals surface area contributed by atoms with Crippen LogP contribution in [0.2, 0.25) is 0 Å². The third kappa shape index (κ3) is 3.10. The van der Waals surface area contributed by atoms with Crippen LogP contribution in [0.15, 0.2) is 49.0 Å². The fourth-order valence-corrected chi connectivity index (χ4v) is 0.691. The molecule has 2 nitrogen and oxygen atoms in total. The summed E-state index contributed by atoms with van der Waals surface area (Å²) < 4.78 is 10.0. The van der Waals surface area contributed by atoms with Gasteiger partial charge in [-0.15, -0.1) is 0 Å². The van der Waals surface area contributed by atoms with Crippen molar-refractivity contribution in [2.45, 2.75) is 0 Å². The van der Waals surface area contributed by atoms with Gasteiger partial charge in [-0.3, -0.25) is 0 Å². The monoisotopic (exact) mass is 166 g/mol. The van der Waals surface area contributed by atoms with Gasteiger partial charge in [-0.2, -0.15) is 0 Å². The van der Waals surface area contributed by atoms with Crippen molar-refractivity contribution in [2.24, 2.45) is 0 Å². The molecule has 0 saturated carbocycles. The van der Waals surface area contributed by atoms with Gasteiger partial charge in [0.15, 0.2) is 11.5 Å². The first-order valence-electron chi connectivity index (χ1n) is 3.54. The molecule has 66 valence electrons. The standard InChI is InChI=1S/C10H14O2/c1-5-7-8-10(12-4)9(6-2)11-3/h5-8H,1-2H2,3-4H3/b8-7-,10-9-. The maximum absolute atomic E-state index is 5.05. The molecule has 0 N–H and O–H groups in total. The van der Waals surface area contributed by atoms with Gasteiger partial charge in [-0.25, -0.2) is 0 Å². The van der Waals surface area contributed by atoms with Crippen molar-refractivity contribution in [3.05, 3.63) is 49.0 Å². The van der Waals surface area contributed by atoms with E-state index >= 15 is 0 Å². The molecule has 0 radical (unpaired) electrons. The Hall–Kier alpha value is -1.44. The Bertz CT molecular complexity index is 212. The van der Waals surface area contributed by atoms with E-state index in [0.29, 0.717) is 11.5 Å². The zero-order chi connectivity index (χ0) is 9.40. The smallest absolute Gasteiger partial charge is 0.160 e. The van der Waals surface area contributed by atoms with Crippen LogP contribution in [0, 0.1) is 0 Å². The Morgan fingerprint density at radius 3 is 2.00 bits per heavy atom. The molecule has 0 aromatic rings. The number of methoxy groups -OCH3 is 2. The quantitative estimate of drug-likeness (QED) is 0.461. The van der Waals surface area contributed by atoms with E-state index in [-0.39, 0.29) is 0 Å². The second kappa shape index (κ2) is 6.28. The Labute approximate surface area is 73.5 Å². The van der Waals surface area contributed by atoms with E-state index in [1.54, 1.807) is 38.5 Å². The van der Waals surface area contributed by atoms with Gasteiger partial charge < -0.3 is 9.47 Å². The van der Waals surface area contributed by atoms with Crippen LogP contribution in [-0.2, 0) is 9.47 Å². The van der Waals surface area contributed by atoms with E-state index in [9.17, 15) is 0 Å². The molecule has 0 aliphatic carbocycles. The SMILES string of the molecule is C=C/C=C\C(OC)=C(/C=C)OC. The van der Waals surface area contributed by atoms with E-state index in [2.05, 4.69) is 13.2 Å². The number of allylic oxidation sites excluding steroid dienone is 4. The van der Waals surface area contributed by atoms with Crippen molar-refractivity contribution < 1.29 is 9.47 Å². The number of ether oxygens (including phenoxy) is 2. The molecule has 2 heteroatoms. The lowest BCUT2D eigenvalue weighted by molar-refractivity contribution is 0.242. The van der Waals surface area contributed by atoms with E-state index in [4.69, 9.17) is 9.47 Å². The summed E-state index contributed by atoms with van der Waals surface area (Å²) in [5.41, 5.74) is 0. The molecule has 0 spiro atoms. The van der Waals surface area contributed by atoms with Gasteiger partial charge in [0.05, 0.1) is 14.2 Å². The van der Waals surface area contributed by atoms with E-state index < -0.39 is 0 Å². The second-order valence-corrected chi connectivity index (χ2v) is 1.94. The Kier molecular flexibility index (Phi) is 5.53. The van der Waals surface area contributed by atoms with Crippen molar-refractivity contribution in [1.29, 1.82) is 0 Å². The van der Waals surface area contributed by atoms with Gasteiger partial charge in [-0.1, -0.05) is 25.3 Å². The van der Waals surface area contributed by atoms with Gasteiger partial charge in [0.2, 0.25) is 0 Å². The van der Waals surface area contributed by atoms with Gasteiger partial charge in [0, 0.05) is 0 Å². The average molecular weight is 166 g/mol. The Balaban J connectivity index is 4.67. The number of hydrogen-bond donors (Lipinski definition) is 0. The topological polar surface area (TPSA) is 18.5 Å². The summed E-state index contributed by atoms with van der Waals surface area (Å²) in [6.07, 6.45) is 6.77. The summed E-state index contributed by atoms with van der Waals surface area (Å²) in [6, 6.07) is 0. The molecule has 0 unspecified atom stereocenters. The first kappa shape index (κ1) is 10.6. The maximum Gasteiger partial charge on any atom is 0.160 e. The first-order chi connectivity index (χ1) is 5.79.